The number of hydrogen-bond donors (Lipinski definition) is 1. The molecule has 6 nitrogen and oxygen atoms in total. The molecule has 0 atom stereocenters. The van der Waals surface area contributed by atoms with E-state index in [9.17, 15) is 14.7 Å². The predicted molar refractivity (Wildman–Crippen MR) is 129 cm³/mol. The molecule has 176 valence electrons. The van der Waals surface area contributed by atoms with Crippen LogP contribution in [0.1, 0.15) is 64.5 Å². The van der Waals surface area contributed by atoms with Crippen molar-refractivity contribution in [2.24, 2.45) is 0 Å². The molecule has 7 heteroatoms. The number of benzene rings is 1. The topological polar surface area (TPSA) is 71.8 Å². The lowest BCUT2D eigenvalue weighted by Crippen LogP contribution is -2.38. The monoisotopic (exact) mass is 462 g/mol. The summed E-state index contributed by atoms with van der Waals surface area (Å²) < 4.78 is 7.10. The van der Waals surface area contributed by atoms with Gasteiger partial charge in [-0.15, -0.1) is 0 Å². The molecular weight excluding hydrogens is 428 g/mol. The number of hydrogen-bond acceptors (Lipinski definition) is 4. The minimum atomic E-state index is -0.481. The van der Waals surface area contributed by atoms with Gasteiger partial charge in [0.1, 0.15) is 5.60 Å². The number of carbonyl (C=O) groups excluding carboxylic acids is 1. The molecule has 1 aromatic carbocycles. The van der Waals surface area contributed by atoms with E-state index >= 15 is 0 Å². The van der Waals surface area contributed by atoms with Gasteiger partial charge in [-0.2, -0.15) is 0 Å². The van der Waals surface area contributed by atoms with Gasteiger partial charge in [-0.1, -0.05) is 37.6 Å². The number of ether oxygens (including phenoxy) is 1. The summed E-state index contributed by atoms with van der Waals surface area (Å²) in [6.07, 6.45) is 5.10. The van der Waals surface area contributed by atoms with E-state index in [-0.39, 0.29) is 11.8 Å². The summed E-state index contributed by atoms with van der Waals surface area (Å²) >= 11 is 5.90. The molecule has 1 aromatic heterocycles. The first kappa shape index (κ1) is 25.8. The Hall–Kier alpha value is -2.47. The number of halogens is 1. The second-order valence-electron chi connectivity index (χ2n) is 8.67. The zero-order valence-electron chi connectivity index (χ0n) is 19.6. The van der Waals surface area contributed by atoms with E-state index in [1.807, 2.05) is 39.8 Å². The summed E-state index contributed by atoms with van der Waals surface area (Å²) in [7, 11) is 0. The van der Waals surface area contributed by atoms with Crippen LogP contribution in [0.4, 0.5) is 4.79 Å². The highest BCUT2D eigenvalue weighted by molar-refractivity contribution is 6.30. The molecule has 1 heterocycles. The number of pyridine rings is 1. The highest BCUT2D eigenvalue weighted by atomic mass is 35.5. The average molecular weight is 463 g/mol. The number of aromatic hydroxyl groups is 1. The van der Waals surface area contributed by atoms with Crippen LogP contribution in [0.25, 0.3) is 0 Å². The van der Waals surface area contributed by atoms with E-state index in [1.54, 1.807) is 29.3 Å². The third-order valence-corrected chi connectivity index (χ3v) is 5.83. The molecule has 0 aliphatic rings. The van der Waals surface area contributed by atoms with Crippen LogP contribution in [0.15, 0.2) is 41.3 Å². The Morgan fingerprint density at radius 3 is 2.44 bits per heavy atom. The predicted octanol–water partition coefficient (Wildman–Crippen LogP) is 5.62. The third-order valence-electron chi connectivity index (χ3n) is 5.58. The summed E-state index contributed by atoms with van der Waals surface area (Å²) in [5.74, 6) is -0.212. The summed E-state index contributed by atoms with van der Waals surface area (Å²) in [6.45, 7) is 9.44. The Kier molecular flexibility index (Phi) is 9.63. The number of rotatable bonds is 11. The molecule has 0 saturated heterocycles. The maximum Gasteiger partial charge on any atom is 0.410 e. The molecule has 0 aliphatic carbocycles. The Balaban J connectivity index is 1.92. The molecule has 0 fully saturated rings. The first-order valence-electron chi connectivity index (χ1n) is 11.3. The number of aromatic nitrogens is 1. The summed E-state index contributed by atoms with van der Waals surface area (Å²) in [5.41, 5.74) is 0.664. The Morgan fingerprint density at radius 2 is 1.81 bits per heavy atom. The fraction of sp³-hybridized carbons (Fsp3) is 0.520. The second kappa shape index (κ2) is 12.0. The van der Waals surface area contributed by atoms with Crippen LogP contribution in [0.2, 0.25) is 5.02 Å². The molecule has 0 aliphatic heterocycles. The molecule has 32 heavy (non-hydrogen) atoms. The van der Waals surface area contributed by atoms with Gasteiger partial charge in [-0.05, 0) is 69.7 Å². The molecular formula is C25H35ClN2O4. The summed E-state index contributed by atoms with van der Waals surface area (Å²) in [6, 6.07) is 9.05. The van der Waals surface area contributed by atoms with Gasteiger partial charge < -0.3 is 19.3 Å². The molecule has 2 rings (SSSR count). The first-order valence-corrected chi connectivity index (χ1v) is 11.7. The lowest BCUT2D eigenvalue weighted by atomic mass is 10.1. The van der Waals surface area contributed by atoms with Gasteiger partial charge in [0.25, 0.3) is 5.56 Å². The van der Waals surface area contributed by atoms with Gasteiger partial charge in [-0.3, -0.25) is 4.79 Å². The third kappa shape index (κ3) is 7.59. The molecule has 0 radical (unpaired) electrons. The van der Waals surface area contributed by atoms with E-state index in [0.29, 0.717) is 36.6 Å². The normalized spacial score (nSPS) is 11.4. The summed E-state index contributed by atoms with van der Waals surface area (Å²) in [5, 5.41) is 11.0. The Bertz CT molecular complexity index is 938. The standard InChI is InChI=1S/C25H35ClN2O4/c1-5-15-27(24(31)32-25(3,4)6-2)16-8-7-9-20-14-17-28(23(30)22(20)29)18-19-10-12-21(26)13-11-19/h10-14,17,29H,5-9,15-16,18H2,1-4H3. The zero-order chi connectivity index (χ0) is 23.7. The van der Waals surface area contributed by atoms with Gasteiger partial charge in [0.2, 0.25) is 0 Å². The number of carbonyl (C=O) groups is 1. The van der Waals surface area contributed by atoms with Gasteiger partial charge in [0.05, 0.1) is 6.54 Å². The molecule has 0 bridgehead atoms. The van der Waals surface area contributed by atoms with Crippen LogP contribution >= 0.6 is 11.6 Å². The van der Waals surface area contributed by atoms with Crippen molar-refractivity contribution in [3.63, 3.8) is 0 Å². The van der Waals surface area contributed by atoms with Crippen molar-refractivity contribution < 1.29 is 14.6 Å². The van der Waals surface area contributed by atoms with Crippen LogP contribution < -0.4 is 5.56 Å². The van der Waals surface area contributed by atoms with Gasteiger partial charge in [0.15, 0.2) is 5.75 Å². The SMILES string of the molecule is CCCN(CCCCc1ccn(Cc2ccc(Cl)cc2)c(=O)c1O)C(=O)OC(C)(C)CC. The van der Waals surface area contributed by atoms with E-state index in [4.69, 9.17) is 16.3 Å². The first-order chi connectivity index (χ1) is 15.2. The van der Waals surface area contributed by atoms with Gasteiger partial charge in [-0.25, -0.2) is 4.79 Å². The van der Waals surface area contributed by atoms with Crippen LogP contribution in [-0.4, -0.2) is 39.4 Å². The number of amides is 1. The largest absolute Gasteiger partial charge is 0.503 e. The fourth-order valence-corrected chi connectivity index (χ4v) is 3.39. The van der Waals surface area contributed by atoms with Crippen LogP contribution in [0.3, 0.4) is 0 Å². The van der Waals surface area contributed by atoms with Crippen molar-refractivity contribution in [2.45, 2.75) is 71.9 Å². The molecule has 2 aromatic rings. The second-order valence-corrected chi connectivity index (χ2v) is 9.11. The number of nitrogens with zero attached hydrogens (tertiary/aromatic N) is 2. The van der Waals surface area contributed by atoms with Crippen LogP contribution in [0, 0.1) is 0 Å². The van der Waals surface area contributed by atoms with Crippen LogP contribution in [0.5, 0.6) is 5.75 Å². The zero-order valence-corrected chi connectivity index (χ0v) is 20.3. The van der Waals surface area contributed by atoms with Crippen molar-refractivity contribution in [3.05, 3.63) is 63.0 Å². The maximum atomic E-state index is 12.6. The minimum absolute atomic E-state index is 0.212. The number of unbranched alkanes of at least 4 members (excludes halogenated alkanes) is 1. The van der Waals surface area contributed by atoms with Gasteiger partial charge >= 0.3 is 6.09 Å². The van der Waals surface area contributed by atoms with E-state index in [0.717, 1.165) is 31.2 Å². The molecule has 1 N–H and O–H groups in total. The quantitative estimate of drug-likeness (QED) is 0.440. The van der Waals surface area contributed by atoms with Crippen molar-refractivity contribution >= 4 is 17.7 Å². The van der Waals surface area contributed by atoms with Crippen molar-refractivity contribution in [1.29, 1.82) is 0 Å². The highest BCUT2D eigenvalue weighted by Crippen LogP contribution is 2.18. The molecule has 1 amide bonds. The van der Waals surface area contributed by atoms with Crippen molar-refractivity contribution in [2.75, 3.05) is 13.1 Å². The highest BCUT2D eigenvalue weighted by Gasteiger charge is 2.24. The molecule has 0 spiro atoms. The van der Waals surface area contributed by atoms with E-state index < -0.39 is 11.2 Å². The van der Waals surface area contributed by atoms with Crippen molar-refractivity contribution in [3.8, 4) is 5.75 Å². The Labute approximate surface area is 195 Å². The Morgan fingerprint density at radius 1 is 1.12 bits per heavy atom. The summed E-state index contributed by atoms with van der Waals surface area (Å²) in [4.78, 5) is 26.8. The molecule has 0 saturated carbocycles. The number of aryl methyl sites for hydroxylation is 1. The van der Waals surface area contributed by atoms with Crippen molar-refractivity contribution in [1.82, 2.24) is 9.47 Å². The van der Waals surface area contributed by atoms with Gasteiger partial charge in [0, 0.05) is 29.9 Å². The lowest BCUT2D eigenvalue weighted by molar-refractivity contribution is 0.0111. The van der Waals surface area contributed by atoms with Crippen LogP contribution in [-0.2, 0) is 17.7 Å². The maximum absolute atomic E-state index is 12.6. The molecule has 0 unspecified atom stereocenters. The minimum Gasteiger partial charge on any atom is -0.503 e. The van der Waals surface area contributed by atoms with E-state index in [1.165, 1.54) is 4.57 Å². The average Bonchev–Trinajstić information content (AvgIpc) is 2.76. The smallest absolute Gasteiger partial charge is 0.410 e. The fourth-order valence-electron chi connectivity index (χ4n) is 3.27. The van der Waals surface area contributed by atoms with E-state index in [2.05, 4.69) is 0 Å². The lowest BCUT2D eigenvalue weighted by Gasteiger charge is -2.29.